The molecule has 0 aliphatic carbocycles. The van der Waals surface area contributed by atoms with Crippen LogP contribution in [0.1, 0.15) is 22.6 Å². The van der Waals surface area contributed by atoms with Gasteiger partial charge in [-0.05, 0) is 55.0 Å². The summed E-state index contributed by atoms with van der Waals surface area (Å²) < 4.78 is 13.4. The molecule has 6 nitrogen and oxygen atoms in total. The number of carbonyl (C=O) groups excluding carboxylic acids is 1. The normalized spacial score (nSPS) is 10.8. The number of imidazole rings is 1. The summed E-state index contributed by atoms with van der Waals surface area (Å²) in [5, 5.41) is 3.57. The molecule has 4 rings (SSSR count). The van der Waals surface area contributed by atoms with Crippen LogP contribution in [0.2, 0.25) is 5.02 Å². The molecule has 0 bridgehead atoms. The Labute approximate surface area is 198 Å². The van der Waals surface area contributed by atoms with Gasteiger partial charge in [0.2, 0.25) is 0 Å². The predicted octanol–water partition coefficient (Wildman–Crippen LogP) is 5.14. The van der Waals surface area contributed by atoms with Crippen molar-refractivity contribution in [2.75, 3.05) is 20.3 Å². The number of rotatable bonds is 10. The van der Waals surface area contributed by atoms with Crippen LogP contribution in [0.25, 0.3) is 11.0 Å². The second kappa shape index (κ2) is 10.9. The zero-order chi connectivity index (χ0) is 23.0. The van der Waals surface area contributed by atoms with Gasteiger partial charge in [-0.15, -0.1) is 0 Å². The van der Waals surface area contributed by atoms with Crippen molar-refractivity contribution in [3.8, 4) is 11.5 Å². The Morgan fingerprint density at radius 3 is 2.64 bits per heavy atom. The predicted molar refractivity (Wildman–Crippen MR) is 130 cm³/mol. The monoisotopic (exact) mass is 463 g/mol. The number of aryl methyl sites for hydroxylation is 1. The van der Waals surface area contributed by atoms with E-state index in [1.807, 2.05) is 42.5 Å². The van der Waals surface area contributed by atoms with Gasteiger partial charge in [0.1, 0.15) is 23.9 Å². The SMILES string of the molecule is COc1cccc(OCCn2c(CCCNC(=O)c3ccc(Cl)cc3)nc3ccccc32)c1. The summed E-state index contributed by atoms with van der Waals surface area (Å²) in [6.07, 6.45) is 1.52. The van der Waals surface area contributed by atoms with Crippen molar-refractivity contribution in [2.24, 2.45) is 0 Å². The van der Waals surface area contributed by atoms with Gasteiger partial charge in [-0.1, -0.05) is 29.8 Å². The highest BCUT2D eigenvalue weighted by atomic mass is 35.5. The second-order valence-electron chi connectivity index (χ2n) is 7.56. The van der Waals surface area contributed by atoms with Crippen LogP contribution < -0.4 is 14.8 Å². The molecule has 0 saturated carbocycles. The maximum atomic E-state index is 12.3. The maximum absolute atomic E-state index is 12.3. The molecule has 7 heteroatoms. The molecule has 1 aromatic heterocycles. The molecule has 3 aromatic carbocycles. The van der Waals surface area contributed by atoms with E-state index in [4.69, 9.17) is 26.1 Å². The molecule has 4 aromatic rings. The lowest BCUT2D eigenvalue weighted by Gasteiger charge is -2.12. The Hall–Kier alpha value is -3.51. The number of hydrogen-bond donors (Lipinski definition) is 1. The standard InChI is InChI=1S/C26H26ClN3O3/c1-32-21-6-4-7-22(18-21)33-17-16-30-24-9-3-2-8-23(24)29-25(30)10-5-15-28-26(31)19-11-13-20(27)14-12-19/h2-4,6-9,11-14,18H,5,10,15-17H2,1H3,(H,28,31). The van der Waals surface area contributed by atoms with E-state index in [1.54, 1.807) is 31.4 Å². The molecule has 170 valence electrons. The van der Waals surface area contributed by atoms with Gasteiger partial charge >= 0.3 is 0 Å². The highest BCUT2D eigenvalue weighted by Gasteiger charge is 2.11. The average Bonchev–Trinajstić information content (AvgIpc) is 3.19. The van der Waals surface area contributed by atoms with E-state index in [1.165, 1.54) is 0 Å². The number of carbonyl (C=O) groups is 1. The first-order chi connectivity index (χ1) is 16.1. The van der Waals surface area contributed by atoms with Crippen molar-refractivity contribution < 1.29 is 14.3 Å². The van der Waals surface area contributed by atoms with Crippen molar-refractivity contribution in [2.45, 2.75) is 19.4 Å². The number of aromatic nitrogens is 2. The highest BCUT2D eigenvalue weighted by molar-refractivity contribution is 6.30. The zero-order valence-electron chi connectivity index (χ0n) is 18.5. The fourth-order valence-electron chi connectivity index (χ4n) is 3.66. The van der Waals surface area contributed by atoms with Gasteiger partial charge in [0, 0.05) is 29.6 Å². The first-order valence-corrected chi connectivity index (χ1v) is 11.3. The smallest absolute Gasteiger partial charge is 0.251 e. The Bertz CT molecular complexity index is 1220. The Balaban J connectivity index is 1.36. The van der Waals surface area contributed by atoms with Gasteiger partial charge in [0.25, 0.3) is 5.91 Å². The number of halogens is 1. The summed E-state index contributed by atoms with van der Waals surface area (Å²) in [4.78, 5) is 17.1. The van der Waals surface area contributed by atoms with Crippen LogP contribution in [0.3, 0.4) is 0 Å². The van der Waals surface area contributed by atoms with Gasteiger partial charge in [0.05, 0.1) is 24.7 Å². The molecular weight excluding hydrogens is 438 g/mol. The van der Waals surface area contributed by atoms with Gasteiger partial charge < -0.3 is 19.4 Å². The summed E-state index contributed by atoms with van der Waals surface area (Å²) in [6.45, 7) is 1.74. The number of hydrogen-bond acceptors (Lipinski definition) is 4. The van der Waals surface area contributed by atoms with E-state index in [2.05, 4.69) is 16.0 Å². The number of methoxy groups -OCH3 is 1. The zero-order valence-corrected chi connectivity index (χ0v) is 19.2. The number of ether oxygens (including phenoxy) is 2. The largest absolute Gasteiger partial charge is 0.497 e. The van der Waals surface area contributed by atoms with Crippen LogP contribution in [-0.2, 0) is 13.0 Å². The number of amides is 1. The first-order valence-electron chi connectivity index (χ1n) is 10.9. The summed E-state index contributed by atoms with van der Waals surface area (Å²) in [7, 11) is 1.64. The van der Waals surface area contributed by atoms with Crippen LogP contribution in [0, 0.1) is 0 Å². The van der Waals surface area contributed by atoms with Crippen LogP contribution in [0.5, 0.6) is 11.5 Å². The quantitative estimate of drug-likeness (QED) is 0.331. The third-order valence-electron chi connectivity index (χ3n) is 5.33. The average molecular weight is 464 g/mol. The summed E-state index contributed by atoms with van der Waals surface area (Å²) in [6, 6.07) is 22.5. The molecule has 1 heterocycles. The molecule has 0 atom stereocenters. The van der Waals surface area contributed by atoms with E-state index in [-0.39, 0.29) is 5.91 Å². The summed E-state index contributed by atoms with van der Waals surface area (Å²) in [5.74, 6) is 2.41. The van der Waals surface area contributed by atoms with E-state index < -0.39 is 0 Å². The van der Waals surface area contributed by atoms with Crippen molar-refractivity contribution >= 4 is 28.5 Å². The molecule has 0 aliphatic heterocycles. The second-order valence-corrected chi connectivity index (χ2v) is 8.00. The lowest BCUT2D eigenvalue weighted by Crippen LogP contribution is -2.25. The fourth-order valence-corrected chi connectivity index (χ4v) is 3.79. The minimum absolute atomic E-state index is 0.105. The molecule has 0 fully saturated rings. The van der Waals surface area contributed by atoms with Crippen LogP contribution in [-0.4, -0.2) is 35.7 Å². The van der Waals surface area contributed by atoms with E-state index in [0.29, 0.717) is 30.3 Å². The van der Waals surface area contributed by atoms with E-state index in [0.717, 1.165) is 41.2 Å². The van der Waals surface area contributed by atoms with Crippen LogP contribution in [0.4, 0.5) is 0 Å². The Morgan fingerprint density at radius 2 is 1.82 bits per heavy atom. The highest BCUT2D eigenvalue weighted by Crippen LogP contribution is 2.20. The van der Waals surface area contributed by atoms with Crippen LogP contribution in [0.15, 0.2) is 72.8 Å². The number of fused-ring (bicyclic) bond motifs is 1. The number of para-hydroxylation sites is 2. The van der Waals surface area contributed by atoms with Gasteiger partial charge in [-0.2, -0.15) is 0 Å². The van der Waals surface area contributed by atoms with Crippen molar-refractivity contribution in [3.05, 3.63) is 89.2 Å². The minimum atomic E-state index is -0.105. The number of nitrogens with zero attached hydrogens (tertiary/aromatic N) is 2. The van der Waals surface area contributed by atoms with Crippen molar-refractivity contribution in [3.63, 3.8) is 0 Å². The molecule has 0 unspecified atom stereocenters. The van der Waals surface area contributed by atoms with Crippen LogP contribution >= 0.6 is 11.6 Å². The van der Waals surface area contributed by atoms with Gasteiger partial charge in [-0.3, -0.25) is 4.79 Å². The molecular formula is C26H26ClN3O3. The third-order valence-corrected chi connectivity index (χ3v) is 5.58. The molecule has 0 saturated heterocycles. The maximum Gasteiger partial charge on any atom is 0.251 e. The van der Waals surface area contributed by atoms with Gasteiger partial charge in [-0.25, -0.2) is 4.98 Å². The molecule has 33 heavy (non-hydrogen) atoms. The molecule has 1 N–H and O–H groups in total. The van der Waals surface area contributed by atoms with Crippen molar-refractivity contribution in [1.82, 2.24) is 14.9 Å². The summed E-state index contributed by atoms with van der Waals surface area (Å²) in [5.41, 5.74) is 2.63. The van der Waals surface area contributed by atoms with E-state index >= 15 is 0 Å². The molecule has 0 aliphatic rings. The number of nitrogens with one attached hydrogen (secondary N) is 1. The topological polar surface area (TPSA) is 65.4 Å². The lowest BCUT2D eigenvalue weighted by molar-refractivity contribution is 0.0953. The lowest BCUT2D eigenvalue weighted by atomic mass is 10.2. The third kappa shape index (κ3) is 5.84. The Kier molecular flexibility index (Phi) is 7.47. The number of benzene rings is 3. The van der Waals surface area contributed by atoms with E-state index in [9.17, 15) is 4.79 Å². The minimum Gasteiger partial charge on any atom is -0.497 e. The molecule has 1 amide bonds. The summed E-state index contributed by atoms with van der Waals surface area (Å²) >= 11 is 5.89. The fraction of sp³-hybridized carbons (Fsp3) is 0.231. The van der Waals surface area contributed by atoms with Gasteiger partial charge in [0.15, 0.2) is 0 Å². The first kappa shape index (κ1) is 22.7. The van der Waals surface area contributed by atoms with Crippen molar-refractivity contribution in [1.29, 1.82) is 0 Å². The molecule has 0 spiro atoms. The molecule has 0 radical (unpaired) electrons. The Morgan fingerprint density at radius 1 is 1.03 bits per heavy atom.